The molecule has 0 spiro atoms. The van der Waals surface area contributed by atoms with E-state index in [1.807, 2.05) is 30.3 Å². The normalized spacial score (nSPS) is 17.1. The third-order valence-corrected chi connectivity index (χ3v) is 4.20. The number of nitrogens with one attached hydrogen (secondary N) is 1. The van der Waals surface area contributed by atoms with Crippen molar-refractivity contribution in [3.63, 3.8) is 0 Å². The number of aliphatic imine (C=N–C) groups is 1. The Labute approximate surface area is 128 Å². The maximum Gasteiger partial charge on any atom is 0.193 e. The van der Waals surface area contributed by atoms with E-state index >= 15 is 0 Å². The Balaban J connectivity index is 1.64. The first-order chi connectivity index (χ1) is 10.3. The first-order valence-electron chi connectivity index (χ1n) is 8.08. The zero-order valence-corrected chi connectivity index (χ0v) is 13.1. The molecule has 2 rings (SSSR count). The zero-order valence-electron chi connectivity index (χ0n) is 13.1. The number of anilines is 1. The molecule has 1 aromatic carbocycles. The van der Waals surface area contributed by atoms with Crippen molar-refractivity contribution < 1.29 is 0 Å². The van der Waals surface area contributed by atoms with Gasteiger partial charge in [-0.05, 0) is 45.0 Å². The van der Waals surface area contributed by atoms with Crippen molar-refractivity contribution in [1.29, 1.82) is 0 Å². The van der Waals surface area contributed by atoms with E-state index in [1.165, 1.54) is 32.1 Å². The number of benzene rings is 1. The molecule has 1 saturated carbocycles. The molecule has 0 amide bonds. The van der Waals surface area contributed by atoms with Crippen LogP contribution in [-0.2, 0) is 0 Å². The van der Waals surface area contributed by atoms with Crippen LogP contribution in [0.25, 0.3) is 0 Å². The lowest BCUT2D eigenvalue weighted by molar-refractivity contribution is 0.191. The van der Waals surface area contributed by atoms with Crippen molar-refractivity contribution in [2.75, 3.05) is 25.5 Å². The third kappa shape index (κ3) is 5.76. The number of hydrogen-bond acceptors (Lipinski definition) is 2. The number of guanidine groups is 1. The van der Waals surface area contributed by atoms with Crippen LogP contribution < -0.4 is 11.1 Å². The molecule has 3 N–H and O–H groups in total. The summed E-state index contributed by atoms with van der Waals surface area (Å²) in [5.41, 5.74) is 6.88. The Morgan fingerprint density at radius 3 is 2.67 bits per heavy atom. The molecule has 21 heavy (non-hydrogen) atoms. The summed E-state index contributed by atoms with van der Waals surface area (Å²) in [5, 5.41) is 3.11. The van der Waals surface area contributed by atoms with Gasteiger partial charge in [-0.1, -0.05) is 37.5 Å². The molecule has 1 aromatic rings. The van der Waals surface area contributed by atoms with Crippen LogP contribution in [0.15, 0.2) is 35.3 Å². The highest BCUT2D eigenvalue weighted by atomic mass is 15.1. The largest absolute Gasteiger partial charge is 0.370 e. The molecule has 1 fully saturated rings. The van der Waals surface area contributed by atoms with Gasteiger partial charge in [0, 0.05) is 18.3 Å². The standard InChI is InChI=1S/C17H28N4/c1-21(16-11-6-3-7-12-16)14-8-13-19-17(18)20-15-9-4-2-5-10-15/h2,4-5,9-10,16H,3,6-8,11-14H2,1H3,(H3,18,19,20). The van der Waals surface area contributed by atoms with E-state index in [0.29, 0.717) is 5.96 Å². The number of rotatable bonds is 6. The summed E-state index contributed by atoms with van der Waals surface area (Å²) in [4.78, 5) is 6.89. The highest BCUT2D eigenvalue weighted by molar-refractivity contribution is 5.92. The smallest absolute Gasteiger partial charge is 0.193 e. The van der Waals surface area contributed by atoms with Gasteiger partial charge in [0.25, 0.3) is 0 Å². The molecule has 0 radical (unpaired) electrons. The van der Waals surface area contributed by atoms with E-state index in [0.717, 1.165) is 31.2 Å². The van der Waals surface area contributed by atoms with Gasteiger partial charge in [-0.2, -0.15) is 0 Å². The van der Waals surface area contributed by atoms with Crippen molar-refractivity contribution in [1.82, 2.24) is 4.90 Å². The molecule has 0 aliphatic heterocycles. The molecule has 0 atom stereocenters. The lowest BCUT2D eigenvalue weighted by Gasteiger charge is -2.30. The SMILES string of the molecule is CN(CCCN=C(N)Nc1ccccc1)C1CCCCC1. The minimum absolute atomic E-state index is 0.501. The monoisotopic (exact) mass is 288 g/mol. The average molecular weight is 288 g/mol. The molecule has 4 heteroatoms. The molecule has 0 bridgehead atoms. The van der Waals surface area contributed by atoms with Crippen molar-refractivity contribution in [3.05, 3.63) is 30.3 Å². The second kappa shape index (κ2) is 8.67. The van der Waals surface area contributed by atoms with Crippen LogP contribution in [0.2, 0.25) is 0 Å². The van der Waals surface area contributed by atoms with Gasteiger partial charge >= 0.3 is 0 Å². The maximum absolute atomic E-state index is 5.89. The fourth-order valence-corrected chi connectivity index (χ4v) is 2.93. The highest BCUT2D eigenvalue weighted by Gasteiger charge is 2.16. The average Bonchev–Trinajstić information content (AvgIpc) is 2.53. The first kappa shape index (κ1) is 15.8. The van der Waals surface area contributed by atoms with Gasteiger partial charge < -0.3 is 16.0 Å². The molecule has 0 unspecified atom stereocenters. The predicted molar refractivity (Wildman–Crippen MR) is 90.7 cm³/mol. The Morgan fingerprint density at radius 1 is 1.24 bits per heavy atom. The Morgan fingerprint density at radius 2 is 1.95 bits per heavy atom. The van der Waals surface area contributed by atoms with Crippen LogP contribution in [0.5, 0.6) is 0 Å². The molecule has 4 nitrogen and oxygen atoms in total. The fourth-order valence-electron chi connectivity index (χ4n) is 2.93. The van der Waals surface area contributed by atoms with Gasteiger partial charge in [0.2, 0.25) is 0 Å². The number of hydrogen-bond donors (Lipinski definition) is 2. The van der Waals surface area contributed by atoms with Crippen molar-refractivity contribution >= 4 is 11.6 Å². The van der Waals surface area contributed by atoms with Gasteiger partial charge in [0.15, 0.2) is 5.96 Å². The second-order valence-electron chi connectivity index (χ2n) is 5.88. The van der Waals surface area contributed by atoms with E-state index in [1.54, 1.807) is 0 Å². The van der Waals surface area contributed by atoms with Gasteiger partial charge in [-0.3, -0.25) is 4.99 Å². The van der Waals surface area contributed by atoms with E-state index in [2.05, 4.69) is 22.3 Å². The molecule has 116 valence electrons. The van der Waals surface area contributed by atoms with Crippen LogP contribution >= 0.6 is 0 Å². The van der Waals surface area contributed by atoms with Crippen LogP contribution in [0, 0.1) is 0 Å². The topological polar surface area (TPSA) is 53.6 Å². The van der Waals surface area contributed by atoms with Crippen molar-refractivity contribution in [2.45, 2.75) is 44.6 Å². The third-order valence-electron chi connectivity index (χ3n) is 4.20. The molecule has 0 saturated heterocycles. The lowest BCUT2D eigenvalue weighted by Crippen LogP contribution is -2.34. The summed E-state index contributed by atoms with van der Waals surface area (Å²) in [5.74, 6) is 0.501. The van der Waals surface area contributed by atoms with Crippen molar-refractivity contribution in [3.8, 4) is 0 Å². The summed E-state index contributed by atoms with van der Waals surface area (Å²) >= 11 is 0. The molecular formula is C17H28N4. The Bertz CT molecular complexity index is 424. The van der Waals surface area contributed by atoms with E-state index in [4.69, 9.17) is 5.73 Å². The minimum atomic E-state index is 0.501. The fraction of sp³-hybridized carbons (Fsp3) is 0.588. The van der Waals surface area contributed by atoms with Crippen LogP contribution in [-0.4, -0.2) is 37.0 Å². The molecule has 1 aliphatic rings. The van der Waals surface area contributed by atoms with E-state index < -0.39 is 0 Å². The van der Waals surface area contributed by atoms with E-state index in [-0.39, 0.29) is 0 Å². The highest BCUT2D eigenvalue weighted by Crippen LogP contribution is 2.21. The quantitative estimate of drug-likeness (QED) is 0.480. The lowest BCUT2D eigenvalue weighted by atomic mass is 9.94. The van der Waals surface area contributed by atoms with E-state index in [9.17, 15) is 0 Å². The zero-order chi connectivity index (χ0) is 14.9. The maximum atomic E-state index is 5.89. The van der Waals surface area contributed by atoms with Crippen LogP contribution in [0.1, 0.15) is 38.5 Å². The second-order valence-corrected chi connectivity index (χ2v) is 5.88. The summed E-state index contributed by atoms with van der Waals surface area (Å²) in [6.07, 6.45) is 7.97. The van der Waals surface area contributed by atoms with Gasteiger partial charge in [-0.25, -0.2) is 0 Å². The molecule has 1 aliphatic carbocycles. The molecule has 0 heterocycles. The summed E-state index contributed by atoms with van der Waals surface area (Å²) in [6.45, 7) is 1.88. The number of nitrogens with two attached hydrogens (primary N) is 1. The number of para-hydroxylation sites is 1. The predicted octanol–water partition coefficient (Wildman–Crippen LogP) is 3.07. The first-order valence-corrected chi connectivity index (χ1v) is 8.08. The molecular weight excluding hydrogens is 260 g/mol. The van der Waals surface area contributed by atoms with Crippen molar-refractivity contribution in [2.24, 2.45) is 10.7 Å². The summed E-state index contributed by atoms with van der Waals surface area (Å²) in [6, 6.07) is 10.7. The van der Waals surface area contributed by atoms with Gasteiger partial charge in [-0.15, -0.1) is 0 Å². The minimum Gasteiger partial charge on any atom is -0.370 e. The van der Waals surface area contributed by atoms with Gasteiger partial charge in [0.05, 0.1) is 0 Å². The number of nitrogens with zero attached hydrogens (tertiary/aromatic N) is 2. The Hall–Kier alpha value is -1.55. The summed E-state index contributed by atoms with van der Waals surface area (Å²) in [7, 11) is 2.24. The van der Waals surface area contributed by atoms with Crippen LogP contribution in [0.4, 0.5) is 5.69 Å². The van der Waals surface area contributed by atoms with Gasteiger partial charge in [0.1, 0.15) is 0 Å². The Kier molecular flexibility index (Phi) is 6.54. The molecule has 0 aromatic heterocycles. The van der Waals surface area contributed by atoms with Crippen LogP contribution in [0.3, 0.4) is 0 Å². The summed E-state index contributed by atoms with van der Waals surface area (Å²) < 4.78 is 0.